The molecule has 0 aliphatic rings. The van der Waals surface area contributed by atoms with Crippen LogP contribution in [0.2, 0.25) is 0 Å². The zero-order chi connectivity index (χ0) is 13.3. The molecule has 0 saturated heterocycles. The van der Waals surface area contributed by atoms with E-state index >= 15 is 0 Å². The van der Waals surface area contributed by atoms with E-state index in [0.717, 1.165) is 19.6 Å². The number of rotatable bonds is 9. The Morgan fingerprint density at radius 2 is 1.65 bits per heavy atom. The molecule has 0 spiro atoms. The highest BCUT2D eigenvalue weighted by Crippen LogP contribution is 2.17. The van der Waals surface area contributed by atoms with Crippen LogP contribution in [0, 0.1) is 5.41 Å². The van der Waals surface area contributed by atoms with Crippen LogP contribution in [-0.2, 0) is 4.79 Å². The first-order chi connectivity index (χ1) is 7.97. The van der Waals surface area contributed by atoms with Crippen LogP contribution in [0.25, 0.3) is 0 Å². The van der Waals surface area contributed by atoms with Crippen molar-refractivity contribution in [3.8, 4) is 0 Å². The number of hydrazine groups is 1. The summed E-state index contributed by atoms with van der Waals surface area (Å²) >= 11 is 0. The second-order valence-electron chi connectivity index (χ2n) is 5.34. The van der Waals surface area contributed by atoms with Gasteiger partial charge in [-0.15, -0.1) is 0 Å². The van der Waals surface area contributed by atoms with Gasteiger partial charge in [-0.2, -0.15) is 0 Å². The molecule has 0 unspecified atom stereocenters. The average molecular weight is 243 g/mol. The second-order valence-corrected chi connectivity index (χ2v) is 5.34. The Morgan fingerprint density at radius 1 is 1.18 bits per heavy atom. The Hall–Kier alpha value is -0.610. The van der Waals surface area contributed by atoms with Crippen LogP contribution in [0.5, 0.6) is 0 Å². The van der Waals surface area contributed by atoms with Gasteiger partial charge in [0.25, 0.3) is 0 Å². The van der Waals surface area contributed by atoms with Gasteiger partial charge in [-0.25, -0.2) is 5.84 Å². The summed E-state index contributed by atoms with van der Waals surface area (Å²) < 4.78 is 0. The Morgan fingerprint density at radius 3 is 2.00 bits per heavy atom. The van der Waals surface area contributed by atoms with Crippen LogP contribution in [0.3, 0.4) is 0 Å². The number of amides is 1. The van der Waals surface area contributed by atoms with E-state index < -0.39 is 5.41 Å². The Balaban J connectivity index is 4.33. The first-order valence-corrected chi connectivity index (χ1v) is 6.71. The first kappa shape index (κ1) is 16.4. The Kier molecular flexibility index (Phi) is 8.17. The van der Waals surface area contributed by atoms with E-state index in [2.05, 4.69) is 24.2 Å². The van der Waals surface area contributed by atoms with Crippen molar-refractivity contribution in [2.75, 3.05) is 19.6 Å². The maximum absolute atomic E-state index is 11.7. The molecular formula is C13H29N3O. The molecule has 4 nitrogen and oxygen atoms in total. The van der Waals surface area contributed by atoms with Crippen molar-refractivity contribution in [2.24, 2.45) is 11.3 Å². The summed E-state index contributed by atoms with van der Waals surface area (Å²) in [7, 11) is 0. The van der Waals surface area contributed by atoms with Gasteiger partial charge in [0.1, 0.15) is 0 Å². The number of unbranched alkanes of at least 4 members (excludes halogenated alkanes) is 2. The molecule has 4 heteroatoms. The van der Waals surface area contributed by atoms with Gasteiger partial charge < -0.3 is 4.90 Å². The number of nitrogens with zero attached hydrogens (tertiary/aromatic N) is 1. The molecule has 0 bridgehead atoms. The van der Waals surface area contributed by atoms with Crippen molar-refractivity contribution in [2.45, 2.75) is 53.4 Å². The van der Waals surface area contributed by atoms with Crippen molar-refractivity contribution in [1.29, 1.82) is 0 Å². The van der Waals surface area contributed by atoms with Crippen LogP contribution in [0.15, 0.2) is 0 Å². The van der Waals surface area contributed by atoms with Crippen molar-refractivity contribution in [3.63, 3.8) is 0 Å². The zero-order valence-corrected chi connectivity index (χ0v) is 11.9. The van der Waals surface area contributed by atoms with Gasteiger partial charge in [0.05, 0.1) is 5.41 Å². The molecule has 3 N–H and O–H groups in total. The second kappa shape index (κ2) is 8.48. The fourth-order valence-electron chi connectivity index (χ4n) is 1.86. The van der Waals surface area contributed by atoms with Gasteiger partial charge in [-0.1, -0.05) is 26.7 Å². The third-order valence-corrected chi connectivity index (χ3v) is 3.02. The van der Waals surface area contributed by atoms with Crippen LogP contribution < -0.4 is 11.3 Å². The summed E-state index contributed by atoms with van der Waals surface area (Å²) in [6.07, 6.45) is 4.74. The summed E-state index contributed by atoms with van der Waals surface area (Å²) in [5.74, 6) is 5.13. The zero-order valence-electron chi connectivity index (χ0n) is 11.9. The quantitative estimate of drug-likeness (QED) is 0.369. The molecule has 0 radical (unpaired) electrons. The topological polar surface area (TPSA) is 58.4 Å². The first-order valence-electron chi connectivity index (χ1n) is 6.71. The lowest BCUT2D eigenvalue weighted by atomic mass is 9.91. The molecule has 0 aromatic carbocycles. The SMILES string of the molecule is CCCCN(CCCC)CC(C)(C)C(=O)NN. The lowest BCUT2D eigenvalue weighted by Crippen LogP contribution is -2.47. The minimum atomic E-state index is -0.420. The molecule has 0 aliphatic heterocycles. The lowest BCUT2D eigenvalue weighted by Gasteiger charge is -2.31. The number of hydrogen-bond acceptors (Lipinski definition) is 3. The van der Waals surface area contributed by atoms with Crippen molar-refractivity contribution < 1.29 is 4.79 Å². The van der Waals surface area contributed by atoms with Crippen LogP contribution in [0.1, 0.15) is 53.4 Å². The molecule has 102 valence electrons. The van der Waals surface area contributed by atoms with E-state index in [4.69, 9.17) is 5.84 Å². The van der Waals surface area contributed by atoms with Gasteiger partial charge in [0.15, 0.2) is 0 Å². The smallest absolute Gasteiger partial charge is 0.240 e. The van der Waals surface area contributed by atoms with E-state index in [1.54, 1.807) is 0 Å². The normalized spacial score (nSPS) is 11.9. The van der Waals surface area contributed by atoms with E-state index in [1.807, 2.05) is 13.8 Å². The number of carbonyl (C=O) groups is 1. The number of hydrogen-bond donors (Lipinski definition) is 2. The highest BCUT2D eigenvalue weighted by Gasteiger charge is 2.29. The van der Waals surface area contributed by atoms with Crippen LogP contribution in [0.4, 0.5) is 0 Å². The molecule has 0 saturated carbocycles. The van der Waals surface area contributed by atoms with Gasteiger partial charge in [-0.05, 0) is 39.8 Å². The molecule has 0 fully saturated rings. The molecule has 1 amide bonds. The maximum atomic E-state index is 11.7. The Bertz CT molecular complexity index is 209. The summed E-state index contributed by atoms with van der Waals surface area (Å²) in [4.78, 5) is 14.0. The van der Waals surface area contributed by atoms with Crippen molar-refractivity contribution >= 4 is 5.91 Å². The number of nitrogens with one attached hydrogen (secondary N) is 1. The highest BCUT2D eigenvalue weighted by molar-refractivity contribution is 5.81. The summed E-state index contributed by atoms with van der Waals surface area (Å²) in [6.45, 7) is 11.2. The maximum Gasteiger partial charge on any atom is 0.240 e. The fourth-order valence-corrected chi connectivity index (χ4v) is 1.86. The van der Waals surface area contributed by atoms with E-state index in [-0.39, 0.29) is 5.91 Å². The molecule has 0 aromatic rings. The molecule has 0 atom stereocenters. The lowest BCUT2D eigenvalue weighted by molar-refractivity contribution is -0.130. The average Bonchev–Trinajstić information content (AvgIpc) is 2.31. The third-order valence-electron chi connectivity index (χ3n) is 3.02. The van der Waals surface area contributed by atoms with Gasteiger partial charge in [0, 0.05) is 6.54 Å². The van der Waals surface area contributed by atoms with Crippen molar-refractivity contribution in [1.82, 2.24) is 10.3 Å². The van der Waals surface area contributed by atoms with Gasteiger partial charge >= 0.3 is 0 Å². The minimum absolute atomic E-state index is 0.0875. The summed E-state index contributed by atoms with van der Waals surface area (Å²) in [5.41, 5.74) is 1.84. The highest BCUT2D eigenvalue weighted by atomic mass is 16.2. The minimum Gasteiger partial charge on any atom is -0.302 e. The molecule has 0 aromatic heterocycles. The number of nitrogens with two attached hydrogens (primary N) is 1. The van der Waals surface area contributed by atoms with Gasteiger partial charge in [-0.3, -0.25) is 10.2 Å². The molecule has 0 heterocycles. The molecular weight excluding hydrogens is 214 g/mol. The fraction of sp³-hybridized carbons (Fsp3) is 0.923. The van der Waals surface area contributed by atoms with E-state index in [9.17, 15) is 4.79 Å². The molecule has 0 aliphatic carbocycles. The molecule has 0 rings (SSSR count). The monoisotopic (exact) mass is 243 g/mol. The third kappa shape index (κ3) is 6.64. The van der Waals surface area contributed by atoms with Crippen LogP contribution in [-0.4, -0.2) is 30.4 Å². The number of carbonyl (C=O) groups excluding carboxylic acids is 1. The largest absolute Gasteiger partial charge is 0.302 e. The van der Waals surface area contributed by atoms with E-state index in [1.165, 1.54) is 25.7 Å². The summed E-state index contributed by atoms with van der Waals surface area (Å²) in [5, 5.41) is 0. The van der Waals surface area contributed by atoms with Gasteiger partial charge in [0.2, 0.25) is 5.91 Å². The van der Waals surface area contributed by atoms with E-state index in [0.29, 0.717) is 0 Å². The standard InChI is InChI=1S/C13H29N3O/c1-5-7-9-16(10-8-6-2)11-13(3,4)12(17)15-14/h5-11,14H2,1-4H3,(H,15,17). The predicted molar refractivity (Wildman–Crippen MR) is 72.4 cm³/mol. The predicted octanol–water partition coefficient (Wildman–Crippen LogP) is 1.90. The Labute approximate surface area is 106 Å². The molecule has 17 heavy (non-hydrogen) atoms. The van der Waals surface area contributed by atoms with Crippen LogP contribution >= 0.6 is 0 Å². The summed E-state index contributed by atoms with van der Waals surface area (Å²) in [6, 6.07) is 0. The van der Waals surface area contributed by atoms with Crippen molar-refractivity contribution in [3.05, 3.63) is 0 Å².